The van der Waals surface area contributed by atoms with E-state index in [9.17, 15) is 9.59 Å². The van der Waals surface area contributed by atoms with Gasteiger partial charge in [0.05, 0.1) is 11.6 Å². The van der Waals surface area contributed by atoms with Crippen molar-refractivity contribution >= 4 is 17.5 Å². The summed E-state index contributed by atoms with van der Waals surface area (Å²) in [6, 6.07) is 0. The van der Waals surface area contributed by atoms with E-state index in [0.29, 0.717) is 17.8 Å². The Labute approximate surface area is 179 Å². The van der Waals surface area contributed by atoms with Gasteiger partial charge in [-0.1, -0.05) is 30.7 Å². The number of carbonyl (C=O) groups excluding carboxylic acids is 2. The molecule has 3 fully saturated rings. The van der Waals surface area contributed by atoms with Crippen molar-refractivity contribution in [2.45, 2.75) is 91.3 Å². The van der Waals surface area contributed by atoms with Crippen LogP contribution in [0.3, 0.4) is 0 Å². The number of ketones is 1. The number of nitrogens with zero attached hydrogens (tertiary/aromatic N) is 1. The van der Waals surface area contributed by atoms with Crippen LogP contribution in [-0.4, -0.2) is 29.2 Å². The van der Waals surface area contributed by atoms with Crippen molar-refractivity contribution in [1.29, 1.82) is 0 Å². The van der Waals surface area contributed by atoms with E-state index in [1.54, 1.807) is 6.92 Å². The van der Waals surface area contributed by atoms with Gasteiger partial charge in [-0.05, 0) is 75.5 Å². The van der Waals surface area contributed by atoms with Gasteiger partial charge in [-0.15, -0.1) is 0 Å². The minimum absolute atomic E-state index is 0.0336. The molecule has 0 radical (unpaired) electrons. The van der Waals surface area contributed by atoms with Gasteiger partial charge in [-0.25, -0.2) is 0 Å². The number of esters is 1. The fourth-order valence-electron chi connectivity index (χ4n) is 8.55. The molecule has 5 nitrogen and oxygen atoms in total. The second-order valence-electron chi connectivity index (χ2n) is 11.1. The molecule has 1 heterocycles. The van der Waals surface area contributed by atoms with Gasteiger partial charge < -0.3 is 9.57 Å². The van der Waals surface area contributed by atoms with Crippen LogP contribution in [0.1, 0.15) is 79.6 Å². The average Bonchev–Trinajstić information content (AvgIpc) is 3.15. The second-order valence-corrected chi connectivity index (χ2v) is 11.1. The molecule has 0 bridgehead atoms. The molecule has 0 unspecified atom stereocenters. The first kappa shape index (κ1) is 20.3. The Kier molecular flexibility index (Phi) is 4.34. The highest BCUT2D eigenvalue weighted by molar-refractivity contribution is 5.98. The molecule has 0 aromatic heterocycles. The molecule has 0 spiro atoms. The van der Waals surface area contributed by atoms with Crippen LogP contribution in [0.2, 0.25) is 0 Å². The SMILES string of the molecule is CC(=O)O[C@H]1CC[C@@]2(C)C(=CC[C@@H]3[C@@H]2CC[C@@]2(C)[C@H]3C[C@H]3C(C)=NO[C@]32C(C)=O)C1. The topological polar surface area (TPSA) is 65.0 Å². The number of Topliss-reactive ketones (excluding diaryl/α,β-unsaturated/α-hetero) is 1. The zero-order chi connectivity index (χ0) is 21.5. The zero-order valence-electron chi connectivity index (χ0n) is 19.0. The van der Waals surface area contributed by atoms with E-state index in [0.717, 1.165) is 50.7 Å². The molecule has 5 aliphatic rings. The number of allylic oxidation sites excluding steroid dienone is 1. The van der Waals surface area contributed by atoms with E-state index in [2.05, 4.69) is 25.1 Å². The Hall–Kier alpha value is -1.65. The number of hydrogen-bond donors (Lipinski definition) is 0. The minimum atomic E-state index is -0.759. The standard InChI is InChI=1S/C25H35NO4/c1-14-21-13-22-19-7-6-17-12-18(29-16(3)28)8-10-23(17,4)20(19)9-11-24(22,5)25(21,15(2)27)30-26-14/h6,18-22H,7-13H2,1-5H3/t18-,19+,20-,21-,22-,23-,24-,25+/m0/s1. The fourth-order valence-corrected chi connectivity index (χ4v) is 8.55. The van der Waals surface area contributed by atoms with Crippen molar-refractivity contribution in [3.05, 3.63) is 11.6 Å². The first-order chi connectivity index (χ1) is 14.1. The lowest BCUT2D eigenvalue weighted by atomic mass is 9.46. The van der Waals surface area contributed by atoms with Crippen LogP contribution in [0.25, 0.3) is 0 Å². The summed E-state index contributed by atoms with van der Waals surface area (Å²) in [5, 5.41) is 4.31. The van der Waals surface area contributed by atoms with E-state index in [1.165, 1.54) is 12.5 Å². The Morgan fingerprint density at radius 1 is 1.17 bits per heavy atom. The molecule has 0 aromatic carbocycles. The molecule has 0 aromatic rings. The number of rotatable bonds is 2. The van der Waals surface area contributed by atoms with Crippen molar-refractivity contribution in [1.82, 2.24) is 0 Å². The van der Waals surface area contributed by atoms with Gasteiger partial charge in [0.25, 0.3) is 0 Å². The Balaban J connectivity index is 1.47. The van der Waals surface area contributed by atoms with Gasteiger partial charge in [0.2, 0.25) is 5.60 Å². The fraction of sp³-hybridized carbons (Fsp3) is 0.800. The maximum Gasteiger partial charge on any atom is 0.302 e. The smallest absolute Gasteiger partial charge is 0.302 e. The monoisotopic (exact) mass is 413 g/mol. The lowest BCUT2D eigenvalue weighted by Gasteiger charge is -2.58. The van der Waals surface area contributed by atoms with Crippen LogP contribution in [0.15, 0.2) is 16.8 Å². The van der Waals surface area contributed by atoms with Crippen molar-refractivity contribution in [2.75, 3.05) is 0 Å². The van der Waals surface area contributed by atoms with E-state index in [-0.39, 0.29) is 34.6 Å². The van der Waals surface area contributed by atoms with E-state index < -0.39 is 5.60 Å². The Bertz CT molecular complexity index is 861. The van der Waals surface area contributed by atoms with E-state index in [1.807, 2.05) is 6.92 Å². The molecule has 3 saturated carbocycles. The molecule has 0 amide bonds. The highest BCUT2D eigenvalue weighted by atomic mass is 16.7. The highest BCUT2D eigenvalue weighted by Gasteiger charge is 2.73. The molecule has 4 aliphatic carbocycles. The molecule has 5 heteroatoms. The number of carbonyl (C=O) groups is 2. The van der Waals surface area contributed by atoms with Crippen LogP contribution in [0.4, 0.5) is 0 Å². The summed E-state index contributed by atoms with van der Waals surface area (Å²) >= 11 is 0. The molecule has 0 saturated heterocycles. The molecular formula is C25H35NO4. The van der Waals surface area contributed by atoms with Gasteiger partial charge in [0.15, 0.2) is 5.78 Å². The summed E-state index contributed by atoms with van der Waals surface area (Å²) in [6.07, 6.45) is 9.65. The predicted octanol–water partition coefficient (Wildman–Crippen LogP) is 4.84. The van der Waals surface area contributed by atoms with Crippen LogP contribution in [-0.2, 0) is 19.2 Å². The summed E-state index contributed by atoms with van der Waals surface area (Å²) in [5.41, 5.74) is 1.77. The average molecular weight is 414 g/mol. The van der Waals surface area contributed by atoms with Crippen LogP contribution in [0, 0.1) is 34.5 Å². The lowest BCUT2D eigenvalue weighted by molar-refractivity contribution is -0.174. The maximum absolute atomic E-state index is 13.0. The van der Waals surface area contributed by atoms with Gasteiger partial charge in [-0.3, -0.25) is 9.59 Å². The normalized spacial score (nSPS) is 48.9. The van der Waals surface area contributed by atoms with Crippen LogP contribution >= 0.6 is 0 Å². The van der Waals surface area contributed by atoms with Crippen molar-refractivity contribution in [2.24, 2.45) is 39.7 Å². The Morgan fingerprint density at radius 2 is 1.93 bits per heavy atom. The summed E-state index contributed by atoms with van der Waals surface area (Å²) in [5.74, 6) is 1.81. The highest BCUT2D eigenvalue weighted by Crippen LogP contribution is 2.70. The second kappa shape index (κ2) is 6.43. The first-order valence-corrected chi connectivity index (χ1v) is 11.7. The molecule has 5 rings (SSSR count). The third-order valence-corrected chi connectivity index (χ3v) is 9.97. The molecule has 164 valence electrons. The summed E-state index contributed by atoms with van der Waals surface area (Å²) in [7, 11) is 0. The molecule has 0 N–H and O–H groups in total. The molecule has 30 heavy (non-hydrogen) atoms. The van der Waals surface area contributed by atoms with E-state index in [4.69, 9.17) is 9.57 Å². The van der Waals surface area contributed by atoms with E-state index >= 15 is 0 Å². The summed E-state index contributed by atoms with van der Waals surface area (Å²) in [6.45, 7) is 10.0. The first-order valence-electron chi connectivity index (χ1n) is 11.7. The maximum atomic E-state index is 13.0. The minimum Gasteiger partial charge on any atom is -0.462 e. The number of ether oxygens (including phenoxy) is 1. The lowest BCUT2D eigenvalue weighted by Crippen LogP contribution is -2.58. The third-order valence-electron chi connectivity index (χ3n) is 9.97. The van der Waals surface area contributed by atoms with Gasteiger partial charge in [0.1, 0.15) is 6.10 Å². The molecular weight excluding hydrogens is 378 g/mol. The predicted molar refractivity (Wildman–Crippen MR) is 114 cm³/mol. The quantitative estimate of drug-likeness (QED) is 0.480. The van der Waals surface area contributed by atoms with Crippen molar-refractivity contribution in [3.63, 3.8) is 0 Å². The van der Waals surface area contributed by atoms with Gasteiger partial charge in [0, 0.05) is 18.8 Å². The summed E-state index contributed by atoms with van der Waals surface area (Å²) < 4.78 is 5.56. The van der Waals surface area contributed by atoms with Crippen LogP contribution < -0.4 is 0 Å². The zero-order valence-corrected chi connectivity index (χ0v) is 19.0. The largest absolute Gasteiger partial charge is 0.462 e. The number of oxime groups is 1. The molecule has 1 aliphatic heterocycles. The molecule has 8 atom stereocenters. The van der Waals surface area contributed by atoms with Crippen molar-refractivity contribution in [3.8, 4) is 0 Å². The van der Waals surface area contributed by atoms with Crippen molar-refractivity contribution < 1.29 is 19.2 Å². The van der Waals surface area contributed by atoms with Gasteiger partial charge >= 0.3 is 5.97 Å². The summed E-state index contributed by atoms with van der Waals surface area (Å²) in [4.78, 5) is 30.5. The number of fused-ring (bicyclic) bond motifs is 7. The third kappa shape index (κ3) is 2.38. The Morgan fingerprint density at radius 3 is 2.63 bits per heavy atom. The number of hydrogen-bond acceptors (Lipinski definition) is 5. The van der Waals surface area contributed by atoms with Crippen LogP contribution in [0.5, 0.6) is 0 Å². The van der Waals surface area contributed by atoms with Gasteiger partial charge in [-0.2, -0.15) is 0 Å².